The third kappa shape index (κ3) is 5.83. The molecule has 2 amide bonds. The first-order valence-electron chi connectivity index (χ1n) is 6.83. The number of amides is 2. The van der Waals surface area contributed by atoms with E-state index in [9.17, 15) is 9.59 Å². The van der Waals surface area contributed by atoms with Gasteiger partial charge in [-0.25, -0.2) is 0 Å². The summed E-state index contributed by atoms with van der Waals surface area (Å²) < 4.78 is 0. The molecule has 0 spiro atoms. The summed E-state index contributed by atoms with van der Waals surface area (Å²) in [4.78, 5) is 28.3. The summed E-state index contributed by atoms with van der Waals surface area (Å²) in [5.74, 6) is -0.210. The Bertz CT molecular complexity index is 631. The molecule has 2 N–H and O–H groups in total. The van der Waals surface area contributed by atoms with E-state index in [1.165, 1.54) is 0 Å². The second-order valence-electron chi connectivity index (χ2n) is 4.62. The normalized spacial score (nSPS) is 10.2. The molecule has 2 heterocycles. The van der Waals surface area contributed by atoms with Crippen molar-refractivity contribution in [2.75, 3.05) is 11.9 Å². The lowest BCUT2D eigenvalue weighted by Gasteiger charge is -2.06. The predicted octanol–water partition coefficient (Wildman–Crippen LogP) is 2.87. The van der Waals surface area contributed by atoms with Crippen LogP contribution < -0.4 is 10.6 Å². The highest BCUT2D eigenvalue weighted by Gasteiger charge is 2.06. The van der Waals surface area contributed by atoms with Crippen LogP contribution in [0.15, 0.2) is 36.0 Å². The average molecular weight is 338 g/mol. The molecule has 2 rings (SSSR count). The van der Waals surface area contributed by atoms with Crippen LogP contribution in [0, 0.1) is 0 Å². The SMILES string of the molecule is O=C(CCc1cc(Cl)cs1)NCCC(=O)Nc1ccncc1. The maximum absolute atomic E-state index is 11.7. The van der Waals surface area contributed by atoms with E-state index in [1.807, 2.05) is 11.4 Å². The van der Waals surface area contributed by atoms with Crippen LogP contribution in [0.2, 0.25) is 5.02 Å². The highest BCUT2D eigenvalue weighted by molar-refractivity contribution is 7.10. The molecule has 0 bridgehead atoms. The largest absolute Gasteiger partial charge is 0.356 e. The molecule has 0 saturated heterocycles. The van der Waals surface area contributed by atoms with Crippen LogP contribution in [0.1, 0.15) is 17.7 Å². The van der Waals surface area contributed by atoms with Crippen molar-refractivity contribution in [1.29, 1.82) is 0 Å². The molecule has 5 nitrogen and oxygen atoms in total. The first-order chi connectivity index (χ1) is 10.6. The van der Waals surface area contributed by atoms with Gasteiger partial charge in [-0.2, -0.15) is 0 Å². The number of halogens is 1. The van der Waals surface area contributed by atoms with Crippen molar-refractivity contribution in [3.8, 4) is 0 Å². The van der Waals surface area contributed by atoms with Gasteiger partial charge in [-0.3, -0.25) is 14.6 Å². The fraction of sp³-hybridized carbons (Fsp3) is 0.267. The van der Waals surface area contributed by atoms with Crippen LogP contribution >= 0.6 is 22.9 Å². The molecule has 0 saturated carbocycles. The summed E-state index contributed by atoms with van der Waals surface area (Å²) >= 11 is 7.36. The van der Waals surface area contributed by atoms with Crippen molar-refractivity contribution in [3.63, 3.8) is 0 Å². The van der Waals surface area contributed by atoms with Crippen LogP contribution in [-0.2, 0) is 16.0 Å². The van der Waals surface area contributed by atoms with Crippen molar-refractivity contribution in [1.82, 2.24) is 10.3 Å². The second kappa shape index (κ2) is 8.51. The van der Waals surface area contributed by atoms with Gasteiger partial charge in [0.1, 0.15) is 0 Å². The van der Waals surface area contributed by atoms with Crippen molar-refractivity contribution in [2.24, 2.45) is 0 Å². The Labute approximate surface area is 137 Å². The minimum absolute atomic E-state index is 0.0683. The molecule has 0 radical (unpaired) electrons. The summed E-state index contributed by atoms with van der Waals surface area (Å²) in [6, 6.07) is 5.28. The van der Waals surface area contributed by atoms with Crippen LogP contribution in [0.3, 0.4) is 0 Å². The molecule has 7 heteroatoms. The number of hydrogen-bond donors (Lipinski definition) is 2. The Balaban J connectivity index is 1.61. The first kappa shape index (κ1) is 16.5. The summed E-state index contributed by atoms with van der Waals surface area (Å²) in [6.45, 7) is 0.320. The fourth-order valence-electron chi connectivity index (χ4n) is 1.78. The zero-order valence-electron chi connectivity index (χ0n) is 11.8. The van der Waals surface area contributed by atoms with E-state index < -0.39 is 0 Å². The number of hydrogen-bond acceptors (Lipinski definition) is 4. The number of carbonyl (C=O) groups excluding carboxylic acids is 2. The Morgan fingerprint density at radius 1 is 1.18 bits per heavy atom. The molecule has 0 fully saturated rings. The number of thiophene rings is 1. The van der Waals surface area contributed by atoms with E-state index in [-0.39, 0.29) is 18.2 Å². The number of aryl methyl sites for hydroxylation is 1. The molecule has 0 atom stereocenters. The van der Waals surface area contributed by atoms with E-state index >= 15 is 0 Å². The molecule has 2 aromatic heterocycles. The van der Waals surface area contributed by atoms with E-state index in [2.05, 4.69) is 15.6 Å². The molecule has 2 aromatic rings. The monoisotopic (exact) mass is 337 g/mol. The number of anilines is 1. The maximum atomic E-state index is 11.7. The van der Waals surface area contributed by atoms with Crippen molar-refractivity contribution in [2.45, 2.75) is 19.3 Å². The van der Waals surface area contributed by atoms with Crippen molar-refractivity contribution >= 4 is 40.4 Å². The second-order valence-corrected chi connectivity index (χ2v) is 6.05. The lowest BCUT2D eigenvalue weighted by Crippen LogP contribution is -2.27. The Morgan fingerprint density at radius 2 is 1.95 bits per heavy atom. The Hall–Kier alpha value is -1.92. The number of nitrogens with one attached hydrogen (secondary N) is 2. The van der Waals surface area contributed by atoms with Gasteiger partial charge in [0.2, 0.25) is 11.8 Å². The van der Waals surface area contributed by atoms with Crippen LogP contribution in [0.25, 0.3) is 0 Å². The Kier molecular flexibility index (Phi) is 6.36. The van der Waals surface area contributed by atoms with Gasteiger partial charge in [-0.15, -0.1) is 11.3 Å². The number of pyridine rings is 1. The van der Waals surface area contributed by atoms with Crippen LogP contribution in [-0.4, -0.2) is 23.3 Å². The molecule has 0 aliphatic carbocycles. The summed E-state index contributed by atoms with van der Waals surface area (Å²) in [6.07, 6.45) is 4.50. The molecule has 0 aliphatic rings. The Morgan fingerprint density at radius 3 is 2.64 bits per heavy atom. The minimum Gasteiger partial charge on any atom is -0.356 e. The van der Waals surface area contributed by atoms with Gasteiger partial charge in [0.25, 0.3) is 0 Å². The molecular formula is C15H16ClN3O2S. The van der Waals surface area contributed by atoms with Crippen LogP contribution in [0.5, 0.6) is 0 Å². The molecule has 0 aromatic carbocycles. The molecule has 0 aliphatic heterocycles. The van der Waals surface area contributed by atoms with Gasteiger partial charge in [0.05, 0.1) is 5.02 Å². The smallest absolute Gasteiger partial charge is 0.226 e. The van der Waals surface area contributed by atoms with Crippen molar-refractivity contribution in [3.05, 3.63) is 45.9 Å². The number of rotatable bonds is 7. The summed E-state index contributed by atoms with van der Waals surface area (Å²) in [5.41, 5.74) is 0.695. The predicted molar refractivity (Wildman–Crippen MR) is 88.1 cm³/mol. The van der Waals surface area contributed by atoms with Gasteiger partial charge >= 0.3 is 0 Å². The average Bonchev–Trinajstić information content (AvgIpc) is 2.92. The fourth-order valence-corrected chi connectivity index (χ4v) is 2.86. The van der Waals surface area contributed by atoms with Gasteiger partial charge in [0, 0.05) is 47.7 Å². The highest BCUT2D eigenvalue weighted by atomic mass is 35.5. The topological polar surface area (TPSA) is 71.1 Å². The third-order valence-corrected chi connectivity index (χ3v) is 4.20. The lowest BCUT2D eigenvalue weighted by atomic mass is 10.2. The quantitative estimate of drug-likeness (QED) is 0.816. The van der Waals surface area contributed by atoms with E-state index in [1.54, 1.807) is 35.9 Å². The molecule has 0 unspecified atom stereocenters. The van der Waals surface area contributed by atoms with Crippen LogP contribution in [0.4, 0.5) is 5.69 Å². The number of nitrogens with zero attached hydrogens (tertiary/aromatic N) is 1. The maximum Gasteiger partial charge on any atom is 0.226 e. The van der Waals surface area contributed by atoms with Crippen molar-refractivity contribution < 1.29 is 9.59 Å². The van der Waals surface area contributed by atoms with E-state index in [4.69, 9.17) is 11.6 Å². The lowest BCUT2D eigenvalue weighted by molar-refractivity contribution is -0.121. The van der Waals surface area contributed by atoms with E-state index in [0.29, 0.717) is 30.1 Å². The molecule has 116 valence electrons. The van der Waals surface area contributed by atoms with Gasteiger partial charge < -0.3 is 10.6 Å². The standard InChI is InChI=1S/C15H16ClN3O2S/c16-11-9-13(22-10-11)1-2-14(20)18-8-5-15(21)19-12-3-6-17-7-4-12/h3-4,6-7,9-10H,1-2,5,8H2,(H,18,20)(H,17,19,21). The third-order valence-electron chi connectivity index (χ3n) is 2.86. The van der Waals surface area contributed by atoms with Gasteiger partial charge in [-0.05, 0) is 24.6 Å². The molecule has 22 heavy (non-hydrogen) atoms. The van der Waals surface area contributed by atoms with E-state index in [0.717, 1.165) is 4.88 Å². The first-order valence-corrected chi connectivity index (χ1v) is 8.09. The summed E-state index contributed by atoms with van der Waals surface area (Å²) in [7, 11) is 0. The number of carbonyl (C=O) groups is 2. The number of aromatic nitrogens is 1. The molecular weight excluding hydrogens is 322 g/mol. The zero-order valence-corrected chi connectivity index (χ0v) is 13.4. The zero-order chi connectivity index (χ0) is 15.8. The van der Waals surface area contributed by atoms with Gasteiger partial charge in [-0.1, -0.05) is 11.6 Å². The summed E-state index contributed by atoms with van der Waals surface area (Å²) in [5, 5.41) is 8.02. The minimum atomic E-state index is -0.142. The highest BCUT2D eigenvalue weighted by Crippen LogP contribution is 2.20. The van der Waals surface area contributed by atoms with Gasteiger partial charge in [0.15, 0.2) is 0 Å².